The maximum absolute atomic E-state index is 11.0. The van der Waals surface area contributed by atoms with Crippen LogP contribution in [0.1, 0.15) is 18.1 Å². The first kappa shape index (κ1) is 15.6. The molecule has 0 aliphatic rings. The number of nitrogens with zero attached hydrogens (tertiary/aromatic N) is 1. The molecule has 0 bridgehead atoms. The van der Waals surface area contributed by atoms with Crippen molar-refractivity contribution < 1.29 is 4.92 Å². The first-order chi connectivity index (χ1) is 9.99. The van der Waals surface area contributed by atoms with E-state index in [1.54, 1.807) is 30.3 Å². The summed E-state index contributed by atoms with van der Waals surface area (Å²) in [5.41, 5.74) is 2.45. The van der Waals surface area contributed by atoms with Crippen LogP contribution in [0.5, 0.6) is 0 Å². The number of halogens is 2. The minimum Gasteiger partial charge on any atom is -0.381 e. The lowest BCUT2D eigenvalue weighted by Gasteiger charge is -2.09. The molecule has 0 spiro atoms. The van der Waals surface area contributed by atoms with Crippen LogP contribution in [-0.4, -0.2) is 4.92 Å². The number of benzene rings is 2. The third-order valence-electron chi connectivity index (χ3n) is 3.08. The highest BCUT2D eigenvalue weighted by atomic mass is 35.5. The van der Waals surface area contributed by atoms with Crippen molar-refractivity contribution in [1.29, 1.82) is 0 Å². The average Bonchev–Trinajstić information content (AvgIpc) is 2.43. The van der Waals surface area contributed by atoms with Gasteiger partial charge in [-0.2, -0.15) is 0 Å². The first-order valence-electron chi connectivity index (χ1n) is 6.45. The standard InChI is InChI=1S/C15H14Cl2N2O2/c1-2-11-3-4-14(8-15(11)19(20)21)18-9-10-5-12(16)7-13(17)6-10/h3-8,18H,2,9H2,1H3. The molecule has 6 heteroatoms. The Bertz CT molecular complexity index is 654. The Kier molecular flexibility index (Phi) is 5.04. The fourth-order valence-electron chi connectivity index (χ4n) is 2.06. The fourth-order valence-corrected chi connectivity index (χ4v) is 2.63. The molecular formula is C15H14Cl2N2O2. The summed E-state index contributed by atoms with van der Waals surface area (Å²) < 4.78 is 0. The predicted octanol–water partition coefficient (Wildman–Crippen LogP) is 5.08. The second-order valence-electron chi connectivity index (χ2n) is 4.59. The largest absolute Gasteiger partial charge is 0.381 e. The van der Waals surface area contributed by atoms with Crippen LogP contribution in [0, 0.1) is 10.1 Å². The van der Waals surface area contributed by atoms with Crippen molar-refractivity contribution in [2.45, 2.75) is 19.9 Å². The van der Waals surface area contributed by atoms with E-state index in [2.05, 4.69) is 5.32 Å². The second-order valence-corrected chi connectivity index (χ2v) is 5.46. The van der Waals surface area contributed by atoms with Crippen molar-refractivity contribution in [3.05, 3.63) is 67.7 Å². The first-order valence-corrected chi connectivity index (χ1v) is 7.21. The molecule has 1 N–H and O–H groups in total. The summed E-state index contributed by atoms with van der Waals surface area (Å²) in [5, 5.41) is 15.3. The van der Waals surface area contributed by atoms with Crippen LogP contribution in [0.2, 0.25) is 10.0 Å². The summed E-state index contributed by atoms with van der Waals surface area (Å²) in [6.07, 6.45) is 0.625. The van der Waals surface area contributed by atoms with E-state index in [4.69, 9.17) is 23.2 Å². The van der Waals surface area contributed by atoms with Crippen LogP contribution >= 0.6 is 23.2 Å². The minimum atomic E-state index is -0.361. The molecule has 0 radical (unpaired) electrons. The zero-order valence-electron chi connectivity index (χ0n) is 11.4. The van der Waals surface area contributed by atoms with Crippen LogP contribution < -0.4 is 5.32 Å². The van der Waals surface area contributed by atoms with Gasteiger partial charge in [0.15, 0.2) is 0 Å². The fraction of sp³-hybridized carbons (Fsp3) is 0.200. The van der Waals surface area contributed by atoms with Gasteiger partial charge in [-0.05, 0) is 36.2 Å². The highest BCUT2D eigenvalue weighted by Gasteiger charge is 2.12. The number of nitrogens with one attached hydrogen (secondary N) is 1. The molecule has 21 heavy (non-hydrogen) atoms. The van der Waals surface area contributed by atoms with Gasteiger partial charge in [0.25, 0.3) is 5.69 Å². The van der Waals surface area contributed by atoms with Gasteiger partial charge in [-0.15, -0.1) is 0 Å². The van der Waals surface area contributed by atoms with Crippen LogP contribution in [-0.2, 0) is 13.0 Å². The Morgan fingerprint density at radius 3 is 2.38 bits per heavy atom. The highest BCUT2D eigenvalue weighted by Crippen LogP contribution is 2.25. The van der Waals surface area contributed by atoms with Crippen molar-refractivity contribution in [2.24, 2.45) is 0 Å². The molecule has 2 aromatic carbocycles. The van der Waals surface area contributed by atoms with E-state index in [0.717, 1.165) is 11.1 Å². The molecule has 0 amide bonds. The SMILES string of the molecule is CCc1ccc(NCc2cc(Cl)cc(Cl)c2)cc1[N+](=O)[O-]. The zero-order valence-corrected chi connectivity index (χ0v) is 12.9. The van der Waals surface area contributed by atoms with Gasteiger partial charge in [0.1, 0.15) is 0 Å². The Balaban J connectivity index is 2.16. The molecule has 0 aliphatic carbocycles. The summed E-state index contributed by atoms with van der Waals surface area (Å²) in [6.45, 7) is 2.38. The number of hydrogen-bond acceptors (Lipinski definition) is 3. The lowest BCUT2D eigenvalue weighted by molar-refractivity contribution is -0.385. The van der Waals surface area contributed by atoms with Gasteiger partial charge in [0.2, 0.25) is 0 Å². The topological polar surface area (TPSA) is 55.2 Å². The van der Waals surface area contributed by atoms with Crippen molar-refractivity contribution in [1.82, 2.24) is 0 Å². The molecule has 0 saturated carbocycles. The van der Waals surface area contributed by atoms with Gasteiger partial charge in [0.05, 0.1) is 4.92 Å². The number of rotatable bonds is 5. The van der Waals surface area contributed by atoms with Gasteiger partial charge >= 0.3 is 0 Å². The Labute approximate surface area is 132 Å². The van der Waals surface area contributed by atoms with Crippen molar-refractivity contribution >= 4 is 34.6 Å². The third-order valence-corrected chi connectivity index (χ3v) is 3.52. The van der Waals surface area contributed by atoms with E-state index in [1.165, 1.54) is 0 Å². The Morgan fingerprint density at radius 2 is 1.81 bits per heavy atom. The molecular weight excluding hydrogens is 311 g/mol. The van der Waals surface area contributed by atoms with Gasteiger partial charge in [-0.1, -0.05) is 36.2 Å². The van der Waals surface area contributed by atoms with E-state index in [1.807, 2.05) is 13.0 Å². The quantitative estimate of drug-likeness (QED) is 0.616. The van der Waals surface area contributed by atoms with E-state index in [-0.39, 0.29) is 10.6 Å². The molecule has 0 heterocycles. The van der Waals surface area contributed by atoms with Crippen molar-refractivity contribution in [3.63, 3.8) is 0 Å². The molecule has 0 unspecified atom stereocenters. The van der Waals surface area contributed by atoms with E-state index in [9.17, 15) is 10.1 Å². The summed E-state index contributed by atoms with van der Waals surface area (Å²) in [6, 6.07) is 10.4. The number of nitro groups is 1. The normalized spacial score (nSPS) is 10.4. The van der Waals surface area contributed by atoms with Gasteiger partial charge < -0.3 is 5.32 Å². The third kappa shape index (κ3) is 4.09. The van der Waals surface area contributed by atoms with E-state index in [0.29, 0.717) is 28.7 Å². The van der Waals surface area contributed by atoms with Gasteiger partial charge in [-0.25, -0.2) is 0 Å². The lowest BCUT2D eigenvalue weighted by Crippen LogP contribution is -2.01. The zero-order chi connectivity index (χ0) is 15.4. The summed E-state index contributed by atoms with van der Waals surface area (Å²) >= 11 is 11.9. The molecule has 0 saturated heterocycles. The molecule has 2 aromatic rings. The molecule has 110 valence electrons. The average molecular weight is 325 g/mol. The maximum Gasteiger partial charge on any atom is 0.274 e. The lowest BCUT2D eigenvalue weighted by atomic mass is 10.1. The van der Waals surface area contributed by atoms with Crippen LogP contribution in [0.4, 0.5) is 11.4 Å². The van der Waals surface area contributed by atoms with Gasteiger partial charge in [0, 0.05) is 33.9 Å². The molecule has 2 rings (SSSR count). The van der Waals surface area contributed by atoms with Crippen LogP contribution in [0.3, 0.4) is 0 Å². The number of aryl methyl sites for hydroxylation is 1. The minimum absolute atomic E-state index is 0.131. The molecule has 0 fully saturated rings. The Morgan fingerprint density at radius 1 is 1.14 bits per heavy atom. The second kappa shape index (κ2) is 6.78. The summed E-state index contributed by atoms with van der Waals surface area (Å²) in [5.74, 6) is 0. The maximum atomic E-state index is 11.0. The van der Waals surface area contributed by atoms with Crippen LogP contribution in [0.15, 0.2) is 36.4 Å². The predicted molar refractivity (Wildman–Crippen MR) is 86.3 cm³/mol. The van der Waals surface area contributed by atoms with Crippen molar-refractivity contribution in [3.8, 4) is 0 Å². The smallest absolute Gasteiger partial charge is 0.274 e. The van der Waals surface area contributed by atoms with Crippen molar-refractivity contribution in [2.75, 3.05) is 5.32 Å². The van der Waals surface area contributed by atoms with E-state index >= 15 is 0 Å². The number of anilines is 1. The highest BCUT2D eigenvalue weighted by molar-refractivity contribution is 6.34. The molecule has 0 atom stereocenters. The molecule has 0 aromatic heterocycles. The Hall–Kier alpha value is -1.78. The molecule has 4 nitrogen and oxygen atoms in total. The van der Waals surface area contributed by atoms with Gasteiger partial charge in [-0.3, -0.25) is 10.1 Å². The number of hydrogen-bond donors (Lipinski definition) is 1. The number of nitro benzene ring substituents is 1. The van der Waals surface area contributed by atoms with E-state index < -0.39 is 0 Å². The monoisotopic (exact) mass is 324 g/mol. The van der Waals surface area contributed by atoms with Crippen LogP contribution in [0.25, 0.3) is 0 Å². The molecule has 0 aliphatic heterocycles. The summed E-state index contributed by atoms with van der Waals surface area (Å²) in [7, 11) is 0. The summed E-state index contributed by atoms with van der Waals surface area (Å²) in [4.78, 5) is 10.7.